The Labute approximate surface area is 112 Å². The molecule has 0 heterocycles. The summed E-state index contributed by atoms with van der Waals surface area (Å²) in [4.78, 5) is 22.1. The van der Waals surface area contributed by atoms with Crippen LogP contribution in [0.25, 0.3) is 0 Å². The van der Waals surface area contributed by atoms with E-state index in [1.807, 2.05) is 6.07 Å². The Bertz CT molecular complexity index is 445. The number of rotatable bonds is 7. The molecule has 1 aromatic carbocycles. The van der Waals surface area contributed by atoms with Gasteiger partial charge in [0.05, 0.1) is 5.92 Å². The molecule has 5 nitrogen and oxygen atoms in total. The maximum Gasteiger partial charge on any atom is 0.306 e. The van der Waals surface area contributed by atoms with Crippen molar-refractivity contribution in [1.82, 2.24) is 5.32 Å². The van der Waals surface area contributed by atoms with E-state index in [4.69, 9.17) is 5.11 Å². The highest BCUT2D eigenvalue weighted by molar-refractivity contribution is 5.76. The predicted molar refractivity (Wildman–Crippen MR) is 70.9 cm³/mol. The fraction of sp³-hybridized carbons (Fsp3) is 0.429. The quantitative estimate of drug-likeness (QED) is 0.698. The standard InChI is InChI=1S/C14H19NO4/c1-10(14(18)19)8-9-15-13(17)7-6-11-4-2-3-5-12(11)16/h2-5,10,16H,6-9H2,1H3,(H,15,17)(H,18,19). The summed E-state index contributed by atoms with van der Waals surface area (Å²) < 4.78 is 0. The Kier molecular flexibility index (Phi) is 5.85. The Balaban J connectivity index is 2.25. The fourth-order valence-corrected chi connectivity index (χ4v) is 1.61. The molecule has 0 fully saturated rings. The summed E-state index contributed by atoms with van der Waals surface area (Å²) in [5.74, 6) is -1.27. The second kappa shape index (κ2) is 7.41. The van der Waals surface area contributed by atoms with Crippen molar-refractivity contribution in [1.29, 1.82) is 0 Å². The Morgan fingerprint density at radius 1 is 1.32 bits per heavy atom. The van der Waals surface area contributed by atoms with Crippen molar-refractivity contribution in [2.24, 2.45) is 5.92 Å². The molecule has 19 heavy (non-hydrogen) atoms. The maximum atomic E-state index is 11.5. The van der Waals surface area contributed by atoms with Crippen LogP contribution in [0.15, 0.2) is 24.3 Å². The van der Waals surface area contributed by atoms with Crippen LogP contribution in [0, 0.1) is 5.92 Å². The molecule has 0 bridgehead atoms. The zero-order chi connectivity index (χ0) is 14.3. The topological polar surface area (TPSA) is 86.6 Å². The average Bonchev–Trinajstić information content (AvgIpc) is 2.37. The van der Waals surface area contributed by atoms with E-state index in [9.17, 15) is 14.7 Å². The van der Waals surface area contributed by atoms with E-state index >= 15 is 0 Å². The van der Waals surface area contributed by atoms with Gasteiger partial charge in [-0.1, -0.05) is 25.1 Å². The molecule has 1 atom stereocenters. The minimum atomic E-state index is -0.858. The van der Waals surface area contributed by atoms with Crippen LogP contribution in [-0.2, 0) is 16.0 Å². The number of aliphatic carboxylic acids is 1. The van der Waals surface area contributed by atoms with Crippen LogP contribution < -0.4 is 5.32 Å². The summed E-state index contributed by atoms with van der Waals surface area (Å²) in [6.07, 6.45) is 1.16. The molecule has 0 saturated heterocycles. The highest BCUT2D eigenvalue weighted by Crippen LogP contribution is 2.16. The monoisotopic (exact) mass is 265 g/mol. The van der Waals surface area contributed by atoms with E-state index < -0.39 is 11.9 Å². The summed E-state index contributed by atoms with van der Waals surface area (Å²) in [6.45, 7) is 1.96. The number of amides is 1. The molecule has 1 amide bonds. The largest absolute Gasteiger partial charge is 0.508 e. The van der Waals surface area contributed by atoms with E-state index in [0.29, 0.717) is 19.4 Å². The van der Waals surface area contributed by atoms with E-state index in [1.54, 1.807) is 25.1 Å². The molecule has 1 rings (SSSR count). The van der Waals surface area contributed by atoms with Crippen molar-refractivity contribution in [2.45, 2.75) is 26.2 Å². The number of carboxylic acid groups (broad SMARTS) is 1. The van der Waals surface area contributed by atoms with Gasteiger partial charge < -0.3 is 15.5 Å². The van der Waals surface area contributed by atoms with Gasteiger partial charge in [-0.25, -0.2) is 0 Å². The van der Waals surface area contributed by atoms with Gasteiger partial charge in [0.1, 0.15) is 5.75 Å². The number of nitrogens with one attached hydrogen (secondary N) is 1. The first-order chi connectivity index (χ1) is 9.00. The van der Waals surface area contributed by atoms with Gasteiger partial charge in [-0.2, -0.15) is 0 Å². The molecule has 1 unspecified atom stereocenters. The highest BCUT2D eigenvalue weighted by atomic mass is 16.4. The van der Waals surface area contributed by atoms with Crippen LogP contribution in [0.4, 0.5) is 0 Å². The molecule has 0 aliphatic heterocycles. The van der Waals surface area contributed by atoms with Crippen molar-refractivity contribution in [3.63, 3.8) is 0 Å². The van der Waals surface area contributed by atoms with Crippen molar-refractivity contribution in [3.05, 3.63) is 29.8 Å². The first-order valence-corrected chi connectivity index (χ1v) is 6.27. The molecule has 0 aliphatic carbocycles. The number of carbonyl (C=O) groups is 2. The number of phenols is 1. The SMILES string of the molecule is CC(CCNC(=O)CCc1ccccc1O)C(=O)O. The van der Waals surface area contributed by atoms with Crippen LogP contribution in [0.3, 0.4) is 0 Å². The first kappa shape index (κ1) is 15.0. The summed E-state index contributed by atoms with van der Waals surface area (Å²) in [7, 11) is 0. The number of aryl methyl sites for hydroxylation is 1. The second-order valence-corrected chi connectivity index (χ2v) is 4.51. The molecule has 0 saturated carbocycles. The van der Waals surface area contributed by atoms with Crippen molar-refractivity contribution in [3.8, 4) is 5.75 Å². The van der Waals surface area contributed by atoms with Gasteiger partial charge in [0, 0.05) is 13.0 Å². The molecule has 104 valence electrons. The zero-order valence-electron chi connectivity index (χ0n) is 10.9. The number of hydrogen-bond donors (Lipinski definition) is 3. The third-order valence-corrected chi connectivity index (χ3v) is 2.93. The molecule has 0 aromatic heterocycles. The maximum absolute atomic E-state index is 11.5. The molecular formula is C14H19NO4. The number of carboxylic acids is 1. The number of benzene rings is 1. The van der Waals surface area contributed by atoms with Gasteiger partial charge in [-0.3, -0.25) is 9.59 Å². The highest BCUT2D eigenvalue weighted by Gasteiger charge is 2.11. The van der Waals surface area contributed by atoms with Gasteiger partial charge in [-0.05, 0) is 24.5 Å². The lowest BCUT2D eigenvalue weighted by Crippen LogP contribution is -2.27. The van der Waals surface area contributed by atoms with Gasteiger partial charge >= 0.3 is 5.97 Å². The Morgan fingerprint density at radius 2 is 2.00 bits per heavy atom. The van der Waals surface area contributed by atoms with E-state index in [1.165, 1.54) is 0 Å². The molecule has 3 N–H and O–H groups in total. The molecule has 0 aliphatic rings. The van der Waals surface area contributed by atoms with Gasteiger partial charge in [0.15, 0.2) is 0 Å². The van der Waals surface area contributed by atoms with Crippen molar-refractivity contribution < 1.29 is 19.8 Å². The second-order valence-electron chi connectivity index (χ2n) is 4.51. The fourth-order valence-electron chi connectivity index (χ4n) is 1.61. The summed E-state index contributed by atoms with van der Waals surface area (Å²) in [5.41, 5.74) is 0.733. The first-order valence-electron chi connectivity index (χ1n) is 6.27. The minimum Gasteiger partial charge on any atom is -0.508 e. The number of para-hydroxylation sites is 1. The Hall–Kier alpha value is -2.04. The zero-order valence-corrected chi connectivity index (χ0v) is 10.9. The van der Waals surface area contributed by atoms with Gasteiger partial charge in [0.2, 0.25) is 5.91 Å². The van der Waals surface area contributed by atoms with E-state index in [-0.39, 0.29) is 18.1 Å². The Morgan fingerprint density at radius 3 is 2.63 bits per heavy atom. The van der Waals surface area contributed by atoms with Crippen LogP contribution in [0.2, 0.25) is 0 Å². The minimum absolute atomic E-state index is 0.138. The van der Waals surface area contributed by atoms with Crippen molar-refractivity contribution in [2.75, 3.05) is 6.54 Å². The van der Waals surface area contributed by atoms with Crippen LogP contribution in [0.1, 0.15) is 25.3 Å². The number of phenolic OH excluding ortho intramolecular Hbond substituents is 1. The number of carbonyl (C=O) groups excluding carboxylic acids is 1. The third kappa shape index (κ3) is 5.42. The molecule has 0 spiro atoms. The van der Waals surface area contributed by atoms with Crippen LogP contribution in [0.5, 0.6) is 5.75 Å². The molecule has 1 aromatic rings. The molecule has 5 heteroatoms. The van der Waals surface area contributed by atoms with E-state index in [2.05, 4.69) is 5.32 Å². The van der Waals surface area contributed by atoms with Gasteiger partial charge in [0.25, 0.3) is 0 Å². The summed E-state index contributed by atoms with van der Waals surface area (Å²) >= 11 is 0. The smallest absolute Gasteiger partial charge is 0.306 e. The van der Waals surface area contributed by atoms with E-state index in [0.717, 1.165) is 5.56 Å². The van der Waals surface area contributed by atoms with Crippen LogP contribution in [-0.4, -0.2) is 28.6 Å². The summed E-state index contributed by atoms with van der Waals surface area (Å²) in [6, 6.07) is 6.89. The lowest BCUT2D eigenvalue weighted by atomic mass is 10.1. The lowest BCUT2D eigenvalue weighted by molar-refractivity contribution is -0.141. The van der Waals surface area contributed by atoms with Crippen molar-refractivity contribution >= 4 is 11.9 Å². The van der Waals surface area contributed by atoms with Crippen LogP contribution >= 0.6 is 0 Å². The third-order valence-electron chi connectivity index (χ3n) is 2.93. The summed E-state index contributed by atoms with van der Waals surface area (Å²) in [5, 5.41) is 20.9. The normalized spacial score (nSPS) is 11.8. The predicted octanol–water partition coefficient (Wildman–Crippen LogP) is 1.55. The molecular weight excluding hydrogens is 246 g/mol. The molecule has 0 radical (unpaired) electrons. The van der Waals surface area contributed by atoms with Gasteiger partial charge in [-0.15, -0.1) is 0 Å². The number of hydrogen-bond acceptors (Lipinski definition) is 3. The lowest BCUT2D eigenvalue weighted by Gasteiger charge is -2.08. The average molecular weight is 265 g/mol. The number of aromatic hydroxyl groups is 1.